The van der Waals surface area contributed by atoms with Crippen LogP contribution in [0, 0.1) is 11.3 Å². The van der Waals surface area contributed by atoms with Gasteiger partial charge in [-0.05, 0) is 38.1 Å². The fraction of sp³-hybridized carbons (Fsp3) is 1.00. The molecule has 0 saturated heterocycles. The first kappa shape index (κ1) is 14.0. The van der Waals surface area contributed by atoms with Gasteiger partial charge in [0, 0.05) is 12.6 Å². The lowest BCUT2D eigenvalue weighted by Gasteiger charge is -2.36. The van der Waals surface area contributed by atoms with Crippen LogP contribution in [0.5, 0.6) is 0 Å². The Bertz CT molecular complexity index is 193. The summed E-state index contributed by atoms with van der Waals surface area (Å²) in [5.41, 5.74) is 0.216. The van der Waals surface area contributed by atoms with Crippen LogP contribution in [0.1, 0.15) is 53.4 Å². The van der Waals surface area contributed by atoms with E-state index >= 15 is 0 Å². The van der Waals surface area contributed by atoms with Crippen molar-refractivity contribution in [3.63, 3.8) is 0 Å². The fourth-order valence-corrected chi connectivity index (χ4v) is 2.42. The van der Waals surface area contributed by atoms with Gasteiger partial charge in [0.2, 0.25) is 0 Å². The molecule has 0 aromatic rings. The number of hydrogen-bond acceptors (Lipinski definition) is 2. The summed E-state index contributed by atoms with van der Waals surface area (Å²) in [4.78, 5) is 0. The summed E-state index contributed by atoms with van der Waals surface area (Å²) in [5, 5.41) is 3.45. The Morgan fingerprint density at radius 1 is 1.31 bits per heavy atom. The third kappa shape index (κ3) is 4.42. The Labute approximate surface area is 101 Å². The third-order valence-electron chi connectivity index (χ3n) is 3.52. The average Bonchev–Trinajstić information content (AvgIpc) is 2.99. The molecule has 0 aliphatic heterocycles. The molecule has 0 aromatic heterocycles. The molecule has 0 amide bonds. The molecular weight excluding hydrogens is 198 g/mol. The van der Waals surface area contributed by atoms with Gasteiger partial charge in [0.25, 0.3) is 0 Å². The molecule has 2 heteroatoms. The highest BCUT2D eigenvalue weighted by Gasteiger charge is 2.33. The molecule has 96 valence electrons. The second-order valence-corrected chi connectivity index (χ2v) is 6.16. The minimum absolute atomic E-state index is 0.216. The zero-order valence-electron chi connectivity index (χ0n) is 11.7. The molecule has 1 fully saturated rings. The molecule has 1 saturated carbocycles. The van der Waals surface area contributed by atoms with Crippen LogP contribution in [0.25, 0.3) is 0 Å². The van der Waals surface area contributed by atoms with E-state index in [2.05, 4.69) is 40.1 Å². The van der Waals surface area contributed by atoms with Crippen LogP contribution in [-0.2, 0) is 4.74 Å². The highest BCUT2D eigenvalue weighted by molar-refractivity contribution is 4.87. The molecule has 2 nitrogen and oxygen atoms in total. The Balaban J connectivity index is 2.49. The van der Waals surface area contributed by atoms with Gasteiger partial charge in [0.05, 0.1) is 6.10 Å². The number of ether oxygens (including phenoxy) is 1. The van der Waals surface area contributed by atoms with Crippen molar-refractivity contribution in [2.75, 3.05) is 13.7 Å². The van der Waals surface area contributed by atoms with E-state index in [0.29, 0.717) is 12.1 Å². The Kier molecular flexibility index (Phi) is 5.26. The minimum Gasteiger partial charge on any atom is -0.376 e. The van der Waals surface area contributed by atoms with Gasteiger partial charge < -0.3 is 10.1 Å². The van der Waals surface area contributed by atoms with Crippen molar-refractivity contribution in [2.45, 2.75) is 65.5 Å². The molecule has 0 aromatic carbocycles. The number of nitrogens with one attached hydrogen (secondary N) is 1. The van der Waals surface area contributed by atoms with E-state index in [9.17, 15) is 0 Å². The summed E-state index contributed by atoms with van der Waals surface area (Å²) >= 11 is 0. The maximum atomic E-state index is 5.95. The van der Waals surface area contributed by atoms with Crippen molar-refractivity contribution < 1.29 is 4.74 Å². The van der Waals surface area contributed by atoms with Gasteiger partial charge in [-0.2, -0.15) is 0 Å². The van der Waals surface area contributed by atoms with Crippen molar-refractivity contribution in [2.24, 2.45) is 11.3 Å². The first-order valence-electron chi connectivity index (χ1n) is 6.78. The van der Waals surface area contributed by atoms with E-state index in [-0.39, 0.29) is 5.41 Å². The highest BCUT2D eigenvalue weighted by Crippen LogP contribution is 2.35. The molecule has 16 heavy (non-hydrogen) atoms. The van der Waals surface area contributed by atoms with Crippen LogP contribution in [0.15, 0.2) is 0 Å². The standard InChI is InChI=1S/C14H29NO/c1-6-16-13(14(2,3)4)12(15-5)10-9-11-7-8-11/h11-13,15H,6-10H2,1-5H3. The van der Waals surface area contributed by atoms with Crippen molar-refractivity contribution in [3.8, 4) is 0 Å². The summed E-state index contributed by atoms with van der Waals surface area (Å²) < 4.78 is 5.95. The first-order chi connectivity index (χ1) is 7.49. The van der Waals surface area contributed by atoms with Gasteiger partial charge in [-0.3, -0.25) is 0 Å². The second kappa shape index (κ2) is 6.02. The van der Waals surface area contributed by atoms with Crippen LogP contribution >= 0.6 is 0 Å². The van der Waals surface area contributed by atoms with Crippen molar-refractivity contribution in [1.29, 1.82) is 0 Å². The number of rotatable bonds is 7. The lowest BCUT2D eigenvalue weighted by molar-refractivity contribution is -0.0364. The fourth-order valence-electron chi connectivity index (χ4n) is 2.42. The van der Waals surface area contributed by atoms with Gasteiger partial charge in [-0.15, -0.1) is 0 Å². The van der Waals surface area contributed by atoms with E-state index < -0.39 is 0 Å². The number of likely N-dealkylation sites (N-methyl/N-ethyl adjacent to an activating group) is 1. The van der Waals surface area contributed by atoms with Crippen LogP contribution in [0.2, 0.25) is 0 Å². The van der Waals surface area contributed by atoms with Gasteiger partial charge in [0.1, 0.15) is 0 Å². The molecular formula is C14H29NO. The lowest BCUT2D eigenvalue weighted by Crippen LogP contribution is -2.47. The van der Waals surface area contributed by atoms with Crippen LogP contribution in [0.3, 0.4) is 0 Å². The Morgan fingerprint density at radius 3 is 2.31 bits per heavy atom. The van der Waals surface area contributed by atoms with Crippen molar-refractivity contribution >= 4 is 0 Å². The quantitative estimate of drug-likeness (QED) is 0.721. The molecule has 1 aliphatic rings. The summed E-state index contributed by atoms with van der Waals surface area (Å²) in [6.45, 7) is 9.72. The van der Waals surface area contributed by atoms with Gasteiger partial charge in [0.15, 0.2) is 0 Å². The lowest BCUT2D eigenvalue weighted by atomic mass is 9.82. The smallest absolute Gasteiger partial charge is 0.0775 e. The van der Waals surface area contributed by atoms with E-state index in [0.717, 1.165) is 12.5 Å². The average molecular weight is 227 g/mol. The van der Waals surface area contributed by atoms with Gasteiger partial charge in [-0.1, -0.05) is 33.6 Å². The normalized spacial score (nSPS) is 20.8. The molecule has 0 spiro atoms. The van der Waals surface area contributed by atoms with Crippen LogP contribution in [0.4, 0.5) is 0 Å². The summed E-state index contributed by atoms with van der Waals surface area (Å²) in [6, 6.07) is 0.501. The predicted octanol–water partition coefficient (Wildman–Crippen LogP) is 3.22. The Hall–Kier alpha value is -0.0800. The van der Waals surface area contributed by atoms with E-state index in [1.54, 1.807) is 0 Å². The van der Waals surface area contributed by atoms with E-state index in [1.165, 1.54) is 25.7 Å². The number of hydrogen-bond donors (Lipinski definition) is 1. The molecule has 1 rings (SSSR count). The van der Waals surface area contributed by atoms with Crippen LogP contribution < -0.4 is 5.32 Å². The summed E-state index contributed by atoms with van der Waals surface area (Å²) in [5.74, 6) is 1.01. The molecule has 0 radical (unpaired) electrons. The molecule has 1 aliphatic carbocycles. The van der Waals surface area contributed by atoms with Crippen molar-refractivity contribution in [3.05, 3.63) is 0 Å². The minimum atomic E-state index is 0.216. The third-order valence-corrected chi connectivity index (χ3v) is 3.52. The zero-order chi connectivity index (χ0) is 12.2. The monoisotopic (exact) mass is 227 g/mol. The van der Waals surface area contributed by atoms with E-state index in [4.69, 9.17) is 4.74 Å². The Morgan fingerprint density at radius 2 is 1.94 bits per heavy atom. The first-order valence-corrected chi connectivity index (χ1v) is 6.78. The zero-order valence-corrected chi connectivity index (χ0v) is 11.7. The second-order valence-electron chi connectivity index (χ2n) is 6.16. The molecule has 0 bridgehead atoms. The van der Waals surface area contributed by atoms with Crippen LogP contribution in [-0.4, -0.2) is 25.8 Å². The van der Waals surface area contributed by atoms with Gasteiger partial charge in [-0.25, -0.2) is 0 Å². The maximum Gasteiger partial charge on any atom is 0.0775 e. The molecule has 2 atom stereocenters. The topological polar surface area (TPSA) is 21.3 Å². The summed E-state index contributed by atoms with van der Waals surface area (Å²) in [7, 11) is 2.06. The maximum absolute atomic E-state index is 5.95. The highest BCUT2D eigenvalue weighted by atomic mass is 16.5. The van der Waals surface area contributed by atoms with Crippen molar-refractivity contribution in [1.82, 2.24) is 5.32 Å². The summed E-state index contributed by atoms with van der Waals surface area (Å²) in [6.07, 6.45) is 5.84. The molecule has 1 N–H and O–H groups in total. The van der Waals surface area contributed by atoms with Gasteiger partial charge >= 0.3 is 0 Å². The molecule has 2 unspecified atom stereocenters. The SMILES string of the molecule is CCOC(C(CCC1CC1)NC)C(C)(C)C. The molecule has 0 heterocycles. The van der Waals surface area contributed by atoms with E-state index in [1.807, 2.05) is 0 Å². The predicted molar refractivity (Wildman–Crippen MR) is 69.7 cm³/mol. The largest absolute Gasteiger partial charge is 0.376 e.